The van der Waals surface area contributed by atoms with Crippen molar-refractivity contribution in [1.29, 1.82) is 0 Å². The molecule has 0 radical (unpaired) electrons. The van der Waals surface area contributed by atoms with Crippen LogP contribution in [-0.2, 0) is 26.2 Å². The van der Waals surface area contributed by atoms with E-state index in [0.717, 1.165) is 27.4 Å². The first-order chi connectivity index (χ1) is 21.1. The van der Waals surface area contributed by atoms with Crippen molar-refractivity contribution in [1.82, 2.24) is 10.2 Å². The number of hydrogen-bond donors (Lipinski definition) is 1. The highest BCUT2D eigenvalue weighted by molar-refractivity contribution is 7.92. The van der Waals surface area contributed by atoms with Crippen LogP contribution in [0.5, 0.6) is 11.5 Å². The number of nitrogens with one attached hydrogen (secondary N) is 1. The van der Waals surface area contributed by atoms with Crippen LogP contribution in [0.2, 0.25) is 0 Å². The number of nitrogens with zero attached hydrogens (tertiary/aromatic N) is 2. The number of carbonyl (C=O) groups is 2. The van der Waals surface area contributed by atoms with E-state index >= 15 is 0 Å². The molecule has 4 aromatic carbocycles. The number of ether oxygens (including phenoxy) is 1. The van der Waals surface area contributed by atoms with Gasteiger partial charge >= 0.3 is 0 Å². The molecule has 9 heteroatoms. The number of hydrogen-bond acceptors (Lipinski definition) is 5. The first-order valence-corrected chi connectivity index (χ1v) is 16.1. The maximum absolute atomic E-state index is 14.1. The highest BCUT2D eigenvalue weighted by Gasteiger charge is 2.32. The highest BCUT2D eigenvalue weighted by Crippen LogP contribution is 2.29. The van der Waals surface area contributed by atoms with Gasteiger partial charge in [-0.05, 0) is 86.8 Å². The van der Waals surface area contributed by atoms with E-state index in [1.165, 1.54) is 17.0 Å². The average Bonchev–Trinajstić information content (AvgIpc) is 3.02. The van der Waals surface area contributed by atoms with E-state index in [1.807, 2.05) is 75.4 Å². The van der Waals surface area contributed by atoms with Gasteiger partial charge < -0.3 is 15.0 Å². The van der Waals surface area contributed by atoms with E-state index in [-0.39, 0.29) is 17.3 Å². The molecule has 0 spiro atoms. The molecular formula is C35H39N3O5S. The Kier molecular flexibility index (Phi) is 10.8. The summed E-state index contributed by atoms with van der Waals surface area (Å²) in [6.45, 7) is 7.53. The summed E-state index contributed by atoms with van der Waals surface area (Å²) in [5.74, 6) is 0.347. The molecule has 44 heavy (non-hydrogen) atoms. The van der Waals surface area contributed by atoms with Gasteiger partial charge in [0.1, 0.15) is 24.1 Å². The summed E-state index contributed by atoms with van der Waals surface area (Å²) in [7, 11) is -4.17. The lowest BCUT2D eigenvalue weighted by atomic mass is 10.1. The van der Waals surface area contributed by atoms with Crippen molar-refractivity contribution in [3.05, 3.63) is 120 Å². The molecule has 0 aromatic heterocycles. The van der Waals surface area contributed by atoms with Crippen LogP contribution in [0.3, 0.4) is 0 Å². The molecule has 0 aliphatic carbocycles. The molecule has 0 bridgehead atoms. The fraction of sp³-hybridized carbons (Fsp3) is 0.257. The fourth-order valence-corrected chi connectivity index (χ4v) is 6.03. The topological polar surface area (TPSA) is 96.0 Å². The van der Waals surface area contributed by atoms with Gasteiger partial charge in [-0.25, -0.2) is 8.42 Å². The van der Waals surface area contributed by atoms with Crippen molar-refractivity contribution < 1.29 is 22.7 Å². The minimum Gasteiger partial charge on any atom is -0.457 e. The van der Waals surface area contributed by atoms with Gasteiger partial charge in [-0.15, -0.1) is 0 Å². The monoisotopic (exact) mass is 613 g/mol. The molecule has 1 atom stereocenters. The quantitative estimate of drug-likeness (QED) is 0.193. The smallest absolute Gasteiger partial charge is 0.264 e. The molecule has 0 aliphatic heterocycles. The minimum absolute atomic E-state index is 0.0553. The summed E-state index contributed by atoms with van der Waals surface area (Å²) < 4.78 is 35.1. The predicted octanol–water partition coefficient (Wildman–Crippen LogP) is 6.23. The van der Waals surface area contributed by atoms with E-state index in [4.69, 9.17) is 4.74 Å². The van der Waals surface area contributed by atoms with E-state index in [2.05, 4.69) is 5.32 Å². The van der Waals surface area contributed by atoms with Gasteiger partial charge in [0, 0.05) is 13.1 Å². The van der Waals surface area contributed by atoms with E-state index in [0.29, 0.717) is 23.7 Å². The summed E-state index contributed by atoms with van der Waals surface area (Å²) in [5.41, 5.74) is 3.03. The number of para-hydroxylation sites is 1. The van der Waals surface area contributed by atoms with Crippen LogP contribution in [0, 0.1) is 13.8 Å². The Morgan fingerprint density at radius 3 is 2.07 bits per heavy atom. The summed E-state index contributed by atoms with van der Waals surface area (Å²) in [6.07, 6.45) is 0.747. The van der Waals surface area contributed by atoms with E-state index in [9.17, 15) is 18.0 Å². The molecule has 8 nitrogen and oxygen atoms in total. The molecule has 0 heterocycles. The largest absolute Gasteiger partial charge is 0.457 e. The maximum atomic E-state index is 14.1. The Labute approximate surface area is 260 Å². The second-order valence-electron chi connectivity index (χ2n) is 10.6. The first kappa shape index (κ1) is 32.3. The standard InChI is InChI=1S/C35H39N3O5S/c1-5-23-36-35(40)28(4)37(24-29-12-10-9-11-27(29)3)34(39)25-38(44(41,42)33-21-15-26(2)16-22-33)30-17-19-32(20-18-30)43-31-13-7-6-8-14-31/h6-22,28H,5,23-25H2,1-4H3,(H,36,40)/t28-/m1/s1. The summed E-state index contributed by atoms with van der Waals surface area (Å²) in [4.78, 5) is 28.7. The van der Waals surface area contributed by atoms with Gasteiger partial charge in [-0.3, -0.25) is 13.9 Å². The van der Waals surface area contributed by atoms with Gasteiger partial charge in [0.25, 0.3) is 10.0 Å². The van der Waals surface area contributed by atoms with E-state index in [1.54, 1.807) is 43.3 Å². The fourth-order valence-electron chi connectivity index (χ4n) is 4.62. The van der Waals surface area contributed by atoms with Crippen LogP contribution in [0.15, 0.2) is 108 Å². The molecule has 0 saturated heterocycles. The van der Waals surface area contributed by atoms with Crippen LogP contribution in [0.1, 0.15) is 37.0 Å². The molecule has 4 aromatic rings. The molecule has 230 valence electrons. The number of amides is 2. The Balaban J connectivity index is 1.70. The predicted molar refractivity (Wildman–Crippen MR) is 173 cm³/mol. The molecule has 1 N–H and O–H groups in total. The Morgan fingerprint density at radius 2 is 1.43 bits per heavy atom. The number of rotatable bonds is 13. The normalized spacial score (nSPS) is 11.8. The maximum Gasteiger partial charge on any atom is 0.264 e. The Morgan fingerprint density at radius 1 is 0.818 bits per heavy atom. The SMILES string of the molecule is CCCNC(=O)[C@@H](C)N(Cc1ccccc1C)C(=O)CN(c1ccc(Oc2ccccc2)cc1)S(=O)(=O)c1ccc(C)cc1. The van der Waals surface area contributed by atoms with Crippen molar-refractivity contribution >= 4 is 27.5 Å². The highest BCUT2D eigenvalue weighted by atomic mass is 32.2. The zero-order chi connectivity index (χ0) is 31.7. The third-order valence-electron chi connectivity index (χ3n) is 7.31. The molecule has 0 fully saturated rings. The van der Waals surface area contributed by atoms with Gasteiger partial charge in [-0.2, -0.15) is 0 Å². The zero-order valence-corrected chi connectivity index (χ0v) is 26.4. The van der Waals surface area contributed by atoms with Crippen molar-refractivity contribution in [2.45, 2.75) is 51.6 Å². The molecule has 4 rings (SSSR count). The molecule has 0 aliphatic rings. The van der Waals surface area contributed by atoms with Crippen molar-refractivity contribution in [2.24, 2.45) is 0 Å². The lowest BCUT2D eigenvalue weighted by Crippen LogP contribution is -2.51. The number of benzene rings is 4. The van der Waals surface area contributed by atoms with Gasteiger partial charge in [0.2, 0.25) is 11.8 Å². The van der Waals surface area contributed by atoms with Gasteiger partial charge in [0.05, 0.1) is 10.6 Å². The summed E-state index contributed by atoms with van der Waals surface area (Å²) >= 11 is 0. The third-order valence-corrected chi connectivity index (χ3v) is 9.10. The summed E-state index contributed by atoms with van der Waals surface area (Å²) in [5, 5.41) is 2.86. The average molecular weight is 614 g/mol. The van der Waals surface area contributed by atoms with Crippen LogP contribution < -0.4 is 14.4 Å². The molecule has 0 saturated carbocycles. The third kappa shape index (κ3) is 8.05. The minimum atomic E-state index is -4.17. The second-order valence-corrected chi connectivity index (χ2v) is 12.5. The van der Waals surface area contributed by atoms with Crippen LogP contribution in [0.4, 0.5) is 5.69 Å². The van der Waals surface area contributed by atoms with Gasteiger partial charge in [0.15, 0.2) is 0 Å². The number of aryl methyl sites for hydroxylation is 2. The van der Waals surface area contributed by atoms with Crippen molar-refractivity contribution in [2.75, 3.05) is 17.4 Å². The number of sulfonamides is 1. The lowest BCUT2D eigenvalue weighted by Gasteiger charge is -2.32. The molecule has 0 unspecified atom stereocenters. The Hall–Kier alpha value is -4.63. The second kappa shape index (κ2) is 14.7. The van der Waals surface area contributed by atoms with E-state index < -0.39 is 28.5 Å². The van der Waals surface area contributed by atoms with Crippen LogP contribution >= 0.6 is 0 Å². The first-order valence-electron chi connectivity index (χ1n) is 14.6. The molecule has 2 amide bonds. The van der Waals surface area contributed by atoms with Crippen LogP contribution in [0.25, 0.3) is 0 Å². The molecular weight excluding hydrogens is 574 g/mol. The number of anilines is 1. The lowest BCUT2D eigenvalue weighted by molar-refractivity contribution is -0.139. The van der Waals surface area contributed by atoms with Gasteiger partial charge in [-0.1, -0.05) is 67.1 Å². The zero-order valence-electron chi connectivity index (χ0n) is 25.6. The summed E-state index contributed by atoms with van der Waals surface area (Å²) in [6, 6.07) is 29.1. The van der Waals surface area contributed by atoms with Crippen molar-refractivity contribution in [3.8, 4) is 11.5 Å². The van der Waals surface area contributed by atoms with Crippen LogP contribution in [-0.4, -0.2) is 44.3 Å². The Bertz CT molecular complexity index is 1660. The number of carbonyl (C=O) groups excluding carboxylic acids is 2. The van der Waals surface area contributed by atoms with Crippen molar-refractivity contribution in [3.63, 3.8) is 0 Å².